The number of carbonyl (C=O) groups is 2. The monoisotopic (exact) mass is 321 g/mol. The zero-order chi connectivity index (χ0) is 17.0. The predicted molar refractivity (Wildman–Crippen MR) is 78.3 cm³/mol. The number of nitrogens with one attached hydrogen (secondary N) is 1. The first-order valence-corrected chi connectivity index (χ1v) is 6.59. The highest BCUT2D eigenvalue weighted by Crippen LogP contribution is 2.24. The molecule has 2 aromatic carbocycles. The Balaban J connectivity index is 2.13. The molecule has 0 unspecified atom stereocenters. The fourth-order valence-electron chi connectivity index (χ4n) is 1.92. The van der Waals surface area contributed by atoms with Crippen LogP contribution in [0.3, 0.4) is 0 Å². The largest absolute Gasteiger partial charge is 0.477 e. The van der Waals surface area contributed by atoms with E-state index in [1.54, 1.807) is 30.3 Å². The Morgan fingerprint density at radius 3 is 2.43 bits per heavy atom. The lowest BCUT2D eigenvalue weighted by molar-refractivity contribution is 0.0686. The van der Waals surface area contributed by atoms with Crippen LogP contribution in [0.4, 0.5) is 19.3 Å². The Bertz CT molecular complexity index is 747. The SMILES string of the molecule is Cc1cc(NC(=O)OCc2ccccc2)c(F)c(C(=O)O)c1F. The van der Waals surface area contributed by atoms with Crippen LogP contribution in [0.1, 0.15) is 21.5 Å². The van der Waals surface area contributed by atoms with E-state index in [1.165, 1.54) is 6.92 Å². The van der Waals surface area contributed by atoms with Gasteiger partial charge in [0.2, 0.25) is 0 Å². The van der Waals surface area contributed by atoms with E-state index < -0.39 is 34.9 Å². The Kier molecular flexibility index (Phi) is 4.90. The number of hydrogen-bond donors (Lipinski definition) is 2. The minimum atomic E-state index is -1.76. The maximum Gasteiger partial charge on any atom is 0.412 e. The van der Waals surface area contributed by atoms with Gasteiger partial charge in [0.1, 0.15) is 18.0 Å². The third-order valence-electron chi connectivity index (χ3n) is 3.05. The lowest BCUT2D eigenvalue weighted by atomic mass is 10.1. The Hall–Kier alpha value is -2.96. The van der Waals surface area contributed by atoms with E-state index in [0.717, 1.165) is 11.6 Å². The number of rotatable bonds is 4. The van der Waals surface area contributed by atoms with Crippen molar-refractivity contribution in [3.8, 4) is 0 Å². The third kappa shape index (κ3) is 3.82. The predicted octanol–water partition coefficient (Wildman–Crippen LogP) is 3.72. The van der Waals surface area contributed by atoms with Crippen LogP contribution >= 0.6 is 0 Å². The van der Waals surface area contributed by atoms with Crippen molar-refractivity contribution in [3.63, 3.8) is 0 Å². The first-order valence-electron chi connectivity index (χ1n) is 6.59. The number of aryl methyl sites for hydroxylation is 1. The summed E-state index contributed by atoms with van der Waals surface area (Å²) in [5.41, 5.74) is -0.963. The van der Waals surface area contributed by atoms with E-state index in [1.807, 2.05) is 0 Å². The van der Waals surface area contributed by atoms with Crippen LogP contribution in [-0.4, -0.2) is 17.2 Å². The van der Waals surface area contributed by atoms with E-state index in [2.05, 4.69) is 5.32 Å². The van der Waals surface area contributed by atoms with E-state index in [4.69, 9.17) is 9.84 Å². The molecule has 2 N–H and O–H groups in total. The van der Waals surface area contributed by atoms with Crippen molar-refractivity contribution >= 4 is 17.7 Å². The summed E-state index contributed by atoms with van der Waals surface area (Å²) in [4.78, 5) is 22.6. The smallest absolute Gasteiger partial charge is 0.412 e. The van der Waals surface area contributed by atoms with Crippen molar-refractivity contribution in [2.75, 3.05) is 5.32 Å². The van der Waals surface area contributed by atoms with Gasteiger partial charge in [0.25, 0.3) is 0 Å². The Morgan fingerprint density at radius 2 is 1.83 bits per heavy atom. The number of halogens is 2. The summed E-state index contributed by atoms with van der Waals surface area (Å²) < 4.78 is 32.5. The maximum absolute atomic E-state index is 14.0. The van der Waals surface area contributed by atoms with Crippen LogP contribution < -0.4 is 5.32 Å². The Morgan fingerprint density at radius 1 is 1.17 bits per heavy atom. The van der Waals surface area contributed by atoms with E-state index in [0.29, 0.717) is 0 Å². The quantitative estimate of drug-likeness (QED) is 0.900. The van der Waals surface area contributed by atoms with Crippen LogP contribution in [-0.2, 0) is 11.3 Å². The summed E-state index contributed by atoms with van der Waals surface area (Å²) in [5, 5.41) is 10.9. The average Bonchev–Trinajstić information content (AvgIpc) is 2.51. The summed E-state index contributed by atoms with van der Waals surface area (Å²) in [6.07, 6.45) is -0.977. The fourth-order valence-corrected chi connectivity index (χ4v) is 1.92. The molecule has 0 aliphatic carbocycles. The molecule has 0 radical (unpaired) electrons. The number of anilines is 1. The molecular weight excluding hydrogens is 308 g/mol. The van der Waals surface area contributed by atoms with Crippen molar-refractivity contribution < 1.29 is 28.2 Å². The molecule has 0 saturated heterocycles. The number of ether oxygens (including phenoxy) is 1. The molecular formula is C16H13F2NO4. The van der Waals surface area contributed by atoms with Gasteiger partial charge in [-0.3, -0.25) is 5.32 Å². The summed E-state index contributed by atoms with van der Waals surface area (Å²) in [6.45, 7) is 1.22. The molecule has 0 heterocycles. The van der Waals surface area contributed by atoms with Crippen molar-refractivity contribution in [2.45, 2.75) is 13.5 Å². The number of aromatic carboxylic acids is 1. The highest BCUT2D eigenvalue weighted by molar-refractivity contribution is 5.92. The number of benzene rings is 2. The molecule has 0 fully saturated rings. The minimum absolute atomic E-state index is 0.0414. The zero-order valence-electron chi connectivity index (χ0n) is 12.1. The van der Waals surface area contributed by atoms with Gasteiger partial charge in [0.15, 0.2) is 5.82 Å². The number of carboxylic acids is 1. The lowest BCUT2D eigenvalue weighted by Gasteiger charge is -2.11. The van der Waals surface area contributed by atoms with Gasteiger partial charge in [0.05, 0.1) is 5.69 Å². The average molecular weight is 321 g/mol. The van der Waals surface area contributed by atoms with Crippen molar-refractivity contribution in [2.24, 2.45) is 0 Å². The van der Waals surface area contributed by atoms with Crippen molar-refractivity contribution in [3.05, 3.63) is 64.7 Å². The van der Waals surface area contributed by atoms with Crippen LogP contribution in [0.2, 0.25) is 0 Å². The van der Waals surface area contributed by atoms with Gasteiger partial charge < -0.3 is 9.84 Å². The summed E-state index contributed by atoms with van der Waals surface area (Å²) >= 11 is 0. The first-order chi connectivity index (χ1) is 10.9. The molecule has 7 heteroatoms. The second-order valence-corrected chi connectivity index (χ2v) is 4.74. The molecule has 0 aliphatic rings. The molecule has 5 nitrogen and oxygen atoms in total. The van der Waals surface area contributed by atoms with Crippen LogP contribution in [0.5, 0.6) is 0 Å². The number of carboxylic acid groups (broad SMARTS) is 1. The van der Waals surface area contributed by atoms with Gasteiger partial charge in [0, 0.05) is 0 Å². The number of amides is 1. The van der Waals surface area contributed by atoms with Gasteiger partial charge in [-0.2, -0.15) is 0 Å². The maximum atomic E-state index is 14.0. The molecule has 120 valence electrons. The van der Waals surface area contributed by atoms with E-state index in [-0.39, 0.29) is 12.2 Å². The van der Waals surface area contributed by atoms with Gasteiger partial charge in [-0.05, 0) is 24.1 Å². The van der Waals surface area contributed by atoms with Crippen LogP contribution in [0.15, 0.2) is 36.4 Å². The highest BCUT2D eigenvalue weighted by Gasteiger charge is 2.23. The molecule has 1 amide bonds. The van der Waals surface area contributed by atoms with Gasteiger partial charge in [-0.25, -0.2) is 18.4 Å². The fraction of sp³-hybridized carbons (Fsp3) is 0.125. The second kappa shape index (κ2) is 6.87. The van der Waals surface area contributed by atoms with Gasteiger partial charge in [-0.1, -0.05) is 30.3 Å². The summed E-state index contributed by atoms with van der Waals surface area (Å²) in [5.74, 6) is -4.31. The molecule has 23 heavy (non-hydrogen) atoms. The standard InChI is InChI=1S/C16H13F2NO4/c1-9-7-11(14(18)12(13(9)17)15(20)21)19-16(22)23-8-10-5-3-2-4-6-10/h2-7H,8H2,1H3,(H,19,22)(H,20,21). The van der Waals surface area contributed by atoms with E-state index in [9.17, 15) is 18.4 Å². The van der Waals surface area contributed by atoms with Crippen molar-refractivity contribution in [1.82, 2.24) is 0 Å². The molecule has 0 aromatic heterocycles. The molecule has 2 aromatic rings. The Labute approximate surface area is 130 Å². The van der Waals surface area contributed by atoms with Gasteiger partial charge in [-0.15, -0.1) is 0 Å². The highest BCUT2D eigenvalue weighted by atomic mass is 19.1. The molecule has 0 bridgehead atoms. The third-order valence-corrected chi connectivity index (χ3v) is 3.05. The van der Waals surface area contributed by atoms with Crippen LogP contribution in [0.25, 0.3) is 0 Å². The normalized spacial score (nSPS) is 10.2. The number of carbonyl (C=O) groups excluding carboxylic acids is 1. The first kappa shape index (κ1) is 16.4. The molecule has 2 rings (SSSR count). The zero-order valence-corrected chi connectivity index (χ0v) is 12.1. The second-order valence-electron chi connectivity index (χ2n) is 4.74. The molecule has 0 saturated carbocycles. The molecule has 0 spiro atoms. The topological polar surface area (TPSA) is 75.6 Å². The van der Waals surface area contributed by atoms with E-state index >= 15 is 0 Å². The van der Waals surface area contributed by atoms with Crippen molar-refractivity contribution in [1.29, 1.82) is 0 Å². The van der Waals surface area contributed by atoms with Crippen LogP contribution in [0, 0.1) is 18.6 Å². The van der Waals surface area contributed by atoms with Gasteiger partial charge >= 0.3 is 12.1 Å². The number of hydrogen-bond acceptors (Lipinski definition) is 3. The summed E-state index contributed by atoms with van der Waals surface area (Å²) in [6, 6.07) is 9.79. The molecule has 0 aliphatic heterocycles. The minimum Gasteiger partial charge on any atom is -0.477 e. The summed E-state index contributed by atoms with van der Waals surface area (Å²) in [7, 11) is 0. The lowest BCUT2D eigenvalue weighted by Crippen LogP contribution is -2.17. The molecule has 0 atom stereocenters.